The number of hydrogen-bond acceptors (Lipinski definition) is 7. The van der Waals surface area contributed by atoms with Crippen LogP contribution in [-0.2, 0) is 4.79 Å². The predicted molar refractivity (Wildman–Crippen MR) is 48.4 cm³/mol. The first-order valence-corrected chi connectivity index (χ1v) is 3.53. The average Bonchev–Trinajstić information content (AvgIpc) is 2.08. The maximum Gasteiger partial charge on any atom is 0.341 e. The third-order valence-corrected chi connectivity index (χ3v) is 1.29. The molecule has 0 atom stereocenters. The van der Waals surface area contributed by atoms with Gasteiger partial charge >= 0.3 is 5.97 Å². The van der Waals surface area contributed by atoms with Crippen molar-refractivity contribution in [2.24, 2.45) is 0 Å². The van der Waals surface area contributed by atoms with Crippen molar-refractivity contribution in [3.63, 3.8) is 0 Å². The zero-order valence-electron chi connectivity index (χ0n) is 7.10. The number of carboxylic acids is 1. The number of aromatic nitrogens is 2. The van der Waals surface area contributed by atoms with E-state index in [1.807, 2.05) is 0 Å². The molecule has 0 saturated carbocycles. The zero-order chi connectivity index (χ0) is 10.7. The molecular weight excluding hydrogens is 190 g/mol. The monoisotopic (exact) mass is 199 g/mol. The minimum absolute atomic E-state index is 0.0274. The van der Waals surface area contributed by atoms with Gasteiger partial charge in [-0.25, -0.2) is 4.79 Å². The highest BCUT2D eigenvalue weighted by Gasteiger charge is 2.10. The fourth-order valence-electron chi connectivity index (χ4n) is 0.723. The first kappa shape index (κ1) is 9.84. The summed E-state index contributed by atoms with van der Waals surface area (Å²) in [6, 6.07) is 0. The van der Waals surface area contributed by atoms with Gasteiger partial charge in [-0.15, -0.1) is 0 Å². The third kappa shape index (κ3) is 2.12. The van der Waals surface area contributed by atoms with Crippen molar-refractivity contribution in [1.82, 2.24) is 9.97 Å². The van der Waals surface area contributed by atoms with E-state index in [-0.39, 0.29) is 23.3 Å². The van der Waals surface area contributed by atoms with Crippen LogP contribution in [0.15, 0.2) is 0 Å². The summed E-state index contributed by atoms with van der Waals surface area (Å²) in [7, 11) is 0. The van der Waals surface area contributed by atoms with E-state index in [4.69, 9.17) is 27.0 Å². The smallest absolute Gasteiger partial charge is 0.341 e. The Labute approximate surface area is 78.7 Å². The van der Waals surface area contributed by atoms with Crippen molar-refractivity contribution >= 4 is 23.4 Å². The van der Waals surface area contributed by atoms with E-state index in [1.54, 1.807) is 0 Å². The maximum atomic E-state index is 10.2. The molecule has 0 radical (unpaired) electrons. The molecule has 0 aromatic carbocycles. The molecule has 0 unspecified atom stereocenters. The molecule has 1 rings (SSSR count). The van der Waals surface area contributed by atoms with Crippen LogP contribution in [0.1, 0.15) is 0 Å². The van der Waals surface area contributed by atoms with Crippen LogP contribution in [0.25, 0.3) is 0 Å². The Kier molecular flexibility index (Phi) is 2.56. The quantitative estimate of drug-likeness (QED) is 0.468. The van der Waals surface area contributed by atoms with Gasteiger partial charge in [0.05, 0.1) is 0 Å². The van der Waals surface area contributed by atoms with Gasteiger partial charge in [-0.2, -0.15) is 9.97 Å². The van der Waals surface area contributed by atoms with E-state index < -0.39 is 12.6 Å². The van der Waals surface area contributed by atoms with E-state index in [9.17, 15) is 4.79 Å². The average molecular weight is 199 g/mol. The normalized spacial score (nSPS) is 9.71. The summed E-state index contributed by atoms with van der Waals surface area (Å²) in [6.07, 6.45) is 0. The van der Waals surface area contributed by atoms with Gasteiger partial charge in [0.2, 0.25) is 11.8 Å². The first-order chi connectivity index (χ1) is 6.50. The van der Waals surface area contributed by atoms with Crippen molar-refractivity contribution in [3.05, 3.63) is 0 Å². The molecule has 14 heavy (non-hydrogen) atoms. The Bertz CT molecular complexity index is 367. The lowest BCUT2D eigenvalue weighted by Crippen LogP contribution is -2.13. The Morgan fingerprint density at radius 1 is 1.36 bits per heavy atom. The van der Waals surface area contributed by atoms with Crippen LogP contribution in [0.5, 0.6) is 5.88 Å². The topological polar surface area (TPSA) is 150 Å². The molecule has 0 aliphatic rings. The molecule has 1 aromatic heterocycles. The molecule has 8 nitrogen and oxygen atoms in total. The molecule has 76 valence electrons. The molecule has 0 amide bonds. The molecule has 0 spiro atoms. The minimum atomic E-state index is -1.15. The van der Waals surface area contributed by atoms with E-state index >= 15 is 0 Å². The number of anilines is 3. The lowest BCUT2D eigenvalue weighted by atomic mass is 10.4. The largest absolute Gasteiger partial charge is 0.479 e. The summed E-state index contributed by atoms with van der Waals surface area (Å²) in [4.78, 5) is 17.3. The summed E-state index contributed by atoms with van der Waals surface area (Å²) in [5.41, 5.74) is 16.0. The van der Waals surface area contributed by atoms with Crippen LogP contribution in [0.4, 0.5) is 17.5 Å². The van der Waals surface area contributed by atoms with Gasteiger partial charge in [-0.1, -0.05) is 0 Å². The lowest BCUT2D eigenvalue weighted by molar-refractivity contribution is -0.139. The molecule has 7 N–H and O–H groups in total. The maximum absolute atomic E-state index is 10.2. The predicted octanol–water partition coefficient (Wildman–Crippen LogP) is -1.31. The molecule has 0 bridgehead atoms. The van der Waals surface area contributed by atoms with E-state index in [2.05, 4.69) is 9.97 Å². The number of rotatable bonds is 3. The van der Waals surface area contributed by atoms with Crippen molar-refractivity contribution in [2.45, 2.75) is 0 Å². The van der Waals surface area contributed by atoms with E-state index in [1.165, 1.54) is 0 Å². The third-order valence-electron chi connectivity index (χ3n) is 1.29. The van der Waals surface area contributed by atoms with Gasteiger partial charge in [-0.3, -0.25) is 0 Å². The van der Waals surface area contributed by atoms with Gasteiger partial charge in [0.1, 0.15) is 5.69 Å². The highest BCUT2D eigenvalue weighted by atomic mass is 16.5. The summed E-state index contributed by atoms with van der Waals surface area (Å²) >= 11 is 0. The second kappa shape index (κ2) is 3.64. The van der Waals surface area contributed by atoms with Crippen molar-refractivity contribution in [2.75, 3.05) is 23.8 Å². The Balaban J connectivity index is 2.90. The molecule has 1 heterocycles. The van der Waals surface area contributed by atoms with Gasteiger partial charge in [-0.05, 0) is 0 Å². The second-order valence-corrected chi connectivity index (χ2v) is 2.37. The second-order valence-electron chi connectivity index (χ2n) is 2.37. The molecule has 8 heteroatoms. The lowest BCUT2D eigenvalue weighted by Gasteiger charge is -2.07. The van der Waals surface area contributed by atoms with Gasteiger partial charge in [0.15, 0.2) is 12.4 Å². The highest BCUT2D eigenvalue weighted by Crippen LogP contribution is 2.23. The minimum Gasteiger partial charge on any atom is -0.479 e. The van der Waals surface area contributed by atoms with Gasteiger partial charge < -0.3 is 27.0 Å². The van der Waals surface area contributed by atoms with Crippen molar-refractivity contribution in [1.29, 1.82) is 0 Å². The van der Waals surface area contributed by atoms with Crippen LogP contribution in [-0.4, -0.2) is 27.7 Å². The number of aliphatic carboxylic acids is 1. The standard InChI is InChI=1S/C6H9N5O3/c7-3-4(8)10-6(9)11-5(3)14-1-2(12)13/h1,7H2,(H,12,13)(H4,8,9,10,11). The first-order valence-electron chi connectivity index (χ1n) is 3.53. The summed E-state index contributed by atoms with van der Waals surface area (Å²) in [5, 5.41) is 8.33. The number of nitrogens with zero attached hydrogens (tertiary/aromatic N) is 2. The van der Waals surface area contributed by atoms with Crippen molar-refractivity contribution in [3.8, 4) is 5.88 Å². The fraction of sp³-hybridized carbons (Fsp3) is 0.167. The number of nitrogen functional groups attached to an aromatic ring is 3. The molecule has 1 aromatic rings. The van der Waals surface area contributed by atoms with Gasteiger partial charge in [0, 0.05) is 0 Å². The van der Waals surface area contributed by atoms with Crippen LogP contribution in [0.3, 0.4) is 0 Å². The molecular formula is C6H9N5O3. The highest BCUT2D eigenvalue weighted by molar-refractivity contribution is 5.70. The number of carboxylic acid groups (broad SMARTS) is 1. The SMILES string of the molecule is Nc1nc(N)c(N)c(OCC(=O)O)n1. The number of nitrogens with two attached hydrogens (primary N) is 3. The number of carbonyl (C=O) groups is 1. The van der Waals surface area contributed by atoms with Crippen LogP contribution in [0.2, 0.25) is 0 Å². The Hall–Kier alpha value is -2.25. The molecule has 0 saturated heterocycles. The molecule has 0 fully saturated rings. The Morgan fingerprint density at radius 3 is 2.57 bits per heavy atom. The summed E-state index contributed by atoms with van der Waals surface area (Å²) < 4.78 is 4.72. The number of hydrogen-bond donors (Lipinski definition) is 4. The van der Waals surface area contributed by atoms with Crippen molar-refractivity contribution < 1.29 is 14.6 Å². The molecule has 0 aliphatic heterocycles. The molecule has 0 aliphatic carbocycles. The van der Waals surface area contributed by atoms with E-state index in [0.29, 0.717) is 0 Å². The summed E-state index contributed by atoms with van der Waals surface area (Å²) in [6.45, 7) is -0.569. The van der Waals surface area contributed by atoms with Crippen LogP contribution in [0, 0.1) is 0 Å². The van der Waals surface area contributed by atoms with E-state index in [0.717, 1.165) is 0 Å². The fourth-order valence-corrected chi connectivity index (χ4v) is 0.723. The summed E-state index contributed by atoms with van der Waals surface area (Å²) in [5.74, 6) is -1.45. The van der Waals surface area contributed by atoms with Gasteiger partial charge in [0.25, 0.3) is 0 Å². The Morgan fingerprint density at radius 2 is 2.00 bits per heavy atom. The van der Waals surface area contributed by atoms with Crippen LogP contribution < -0.4 is 21.9 Å². The number of ether oxygens (including phenoxy) is 1. The zero-order valence-corrected chi connectivity index (χ0v) is 7.10. The van der Waals surface area contributed by atoms with Crippen LogP contribution >= 0.6 is 0 Å².